The van der Waals surface area contributed by atoms with Crippen molar-refractivity contribution in [3.05, 3.63) is 65.9 Å². The van der Waals surface area contributed by atoms with Crippen LogP contribution in [0.1, 0.15) is 15.9 Å². The van der Waals surface area contributed by atoms with Crippen LogP contribution in [0.4, 0.5) is 0 Å². The minimum atomic E-state index is -0.923. The highest BCUT2D eigenvalue weighted by Crippen LogP contribution is 2.26. The van der Waals surface area contributed by atoms with E-state index in [1.807, 2.05) is 54.2 Å². The molecular formula is C17H15NO3. The zero-order chi connectivity index (χ0) is 14.8. The summed E-state index contributed by atoms with van der Waals surface area (Å²) in [6.45, 7) is 0.339. The molecule has 0 fully saturated rings. The molecule has 4 nitrogen and oxygen atoms in total. The molecule has 1 N–H and O–H groups in total. The van der Waals surface area contributed by atoms with Crippen LogP contribution < -0.4 is 4.74 Å². The Labute approximate surface area is 122 Å². The van der Waals surface area contributed by atoms with Crippen molar-refractivity contribution in [2.75, 3.05) is 0 Å². The number of benzene rings is 2. The van der Waals surface area contributed by atoms with Crippen molar-refractivity contribution < 1.29 is 14.6 Å². The zero-order valence-corrected chi connectivity index (χ0v) is 11.6. The molecule has 2 aromatic carbocycles. The lowest BCUT2D eigenvalue weighted by molar-refractivity contribution is 0.0699. The van der Waals surface area contributed by atoms with Crippen LogP contribution in [0.2, 0.25) is 0 Å². The highest BCUT2D eigenvalue weighted by atomic mass is 16.5. The second kappa shape index (κ2) is 5.32. The normalized spacial score (nSPS) is 10.7. The first-order valence-corrected chi connectivity index (χ1v) is 6.65. The minimum Gasteiger partial charge on any atom is -0.489 e. The van der Waals surface area contributed by atoms with Gasteiger partial charge in [0, 0.05) is 29.7 Å². The maximum atomic E-state index is 11.4. The number of aromatic carboxylic acids is 1. The second-order valence-corrected chi connectivity index (χ2v) is 4.87. The first-order chi connectivity index (χ1) is 10.2. The monoisotopic (exact) mass is 281 g/mol. The van der Waals surface area contributed by atoms with Crippen molar-refractivity contribution in [2.24, 2.45) is 7.05 Å². The number of para-hydroxylation sites is 1. The molecule has 3 rings (SSSR count). The number of rotatable bonds is 4. The van der Waals surface area contributed by atoms with E-state index in [4.69, 9.17) is 4.74 Å². The molecule has 0 saturated heterocycles. The lowest BCUT2D eigenvalue weighted by Gasteiger charge is -2.06. The van der Waals surface area contributed by atoms with E-state index in [1.165, 1.54) is 0 Å². The van der Waals surface area contributed by atoms with Crippen LogP contribution in [0.15, 0.2) is 54.7 Å². The third kappa shape index (κ3) is 2.48. The largest absolute Gasteiger partial charge is 0.489 e. The molecule has 0 aliphatic carbocycles. The molecule has 3 aromatic rings. The van der Waals surface area contributed by atoms with Crippen molar-refractivity contribution in [2.45, 2.75) is 6.61 Å². The molecule has 1 aromatic heterocycles. The standard InChI is InChI=1S/C17H15NO3/c1-18-10-12(11-21-13-6-3-2-4-7-13)16-14(17(19)20)8-5-9-15(16)18/h2-10H,11H2,1H3,(H,19,20). The SMILES string of the molecule is Cn1cc(COc2ccccc2)c2c(C(=O)O)cccc21. The molecular weight excluding hydrogens is 266 g/mol. The van der Waals surface area contributed by atoms with Gasteiger partial charge in [-0.2, -0.15) is 0 Å². The summed E-state index contributed by atoms with van der Waals surface area (Å²) in [5, 5.41) is 10.1. The fourth-order valence-electron chi connectivity index (χ4n) is 2.50. The highest BCUT2D eigenvalue weighted by molar-refractivity contribution is 6.04. The Morgan fingerprint density at radius 2 is 1.90 bits per heavy atom. The fourth-order valence-corrected chi connectivity index (χ4v) is 2.50. The predicted octanol–water partition coefficient (Wildman–Crippen LogP) is 3.46. The number of carboxylic acid groups (broad SMARTS) is 1. The molecule has 0 atom stereocenters. The molecule has 0 unspecified atom stereocenters. The van der Waals surface area contributed by atoms with Gasteiger partial charge in [-0.25, -0.2) is 4.79 Å². The third-order valence-corrected chi connectivity index (χ3v) is 3.46. The first kappa shape index (κ1) is 13.2. The number of fused-ring (bicyclic) bond motifs is 1. The molecule has 0 saturated carbocycles. The maximum Gasteiger partial charge on any atom is 0.336 e. The molecule has 0 aliphatic rings. The van der Waals surface area contributed by atoms with Crippen LogP contribution in [0, 0.1) is 0 Å². The van der Waals surface area contributed by atoms with Gasteiger partial charge in [0.05, 0.1) is 5.56 Å². The Morgan fingerprint density at radius 3 is 2.62 bits per heavy atom. The molecule has 21 heavy (non-hydrogen) atoms. The summed E-state index contributed by atoms with van der Waals surface area (Å²) in [7, 11) is 1.90. The summed E-state index contributed by atoms with van der Waals surface area (Å²) in [6.07, 6.45) is 1.92. The van der Waals surface area contributed by atoms with E-state index in [9.17, 15) is 9.90 Å². The molecule has 106 valence electrons. The summed E-state index contributed by atoms with van der Waals surface area (Å²) >= 11 is 0. The number of nitrogens with zero attached hydrogens (tertiary/aromatic N) is 1. The minimum absolute atomic E-state index is 0.305. The van der Waals surface area contributed by atoms with Gasteiger partial charge in [0.2, 0.25) is 0 Å². The van der Waals surface area contributed by atoms with Gasteiger partial charge in [0.15, 0.2) is 0 Å². The van der Waals surface area contributed by atoms with Crippen molar-refractivity contribution in [1.82, 2.24) is 4.57 Å². The topological polar surface area (TPSA) is 51.5 Å². The number of carbonyl (C=O) groups is 1. The summed E-state index contributed by atoms with van der Waals surface area (Å²) in [4.78, 5) is 11.4. The molecule has 0 spiro atoms. The van der Waals surface area contributed by atoms with E-state index < -0.39 is 5.97 Å². The predicted molar refractivity (Wildman–Crippen MR) is 80.7 cm³/mol. The number of hydrogen-bond donors (Lipinski definition) is 1. The van der Waals surface area contributed by atoms with Crippen LogP contribution in [0.5, 0.6) is 5.75 Å². The van der Waals surface area contributed by atoms with Crippen LogP contribution in [-0.4, -0.2) is 15.6 Å². The number of aryl methyl sites for hydroxylation is 1. The molecule has 0 radical (unpaired) electrons. The van der Waals surface area contributed by atoms with Crippen molar-refractivity contribution >= 4 is 16.9 Å². The van der Waals surface area contributed by atoms with E-state index in [0.717, 1.165) is 22.2 Å². The highest BCUT2D eigenvalue weighted by Gasteiger charge is 2.15. The quantitative estimate of drug-likeness (QED) is 0.796. The van der Waals surface area contributed by atoms with Gasteiger partial charge in [0.25, 0.3) is 0 Å². The average Bonchev–Trinajstić information content (AvgIpc) is 2.83. The maximum absolute atomic E-state index is 11.4. The second-order valence-electron chi connectivity index (χ2n) is 4.87. The number of hydrogen-bond acceptors (Lipinski definition) is 2. The van der Waals surface area contributed by atoms with E-state index in [-0.39, 0.29) is 0 Å². The Kier molecular flexibility index (Phi) is 3.36. The van der Waals surface area contributed by atoms with Gasteiger partial charge < -0.3 is 14.4 Å². The third-order valence-electron chi connectivity index (χ3n) is 3.46. The Morgan fingerprint density at radius 1 is 1.14 bits per heavy atom. The fraction of sp³-hybridized carbons (Fsp3) is 0.118. The summed E-state index contributed by atoms with van der Waals surface area (Å²) in [5.41, 5.74) is 2.07. The van der Waals surface area contributed by atoms with Gasteiger partial charge in [-0.15, -0.1) is 0 Å². The smallest absolute Gasteiger partial charge is 0.336 e. The lowest BCUT2D eigenvalue weighted by Crippen LogP contribution is -2.00. The number of aromatic nitrogens is 1. The van der Waals surface area contributed by atoms with Crippen LogP contribution in [0.25, 0.3) is 10.9 Å². The van der Waals surface area contributed by atoms with Gasteiger partial charge in [-0.1, -0.05) is 24.3 Å². The first-order valence-electron chi connectivity index (χ1n) is 6.65. The lowest BCUT2D eigenvalue weighted by atomic mass is 10.1. The Bertz CT molecular complexity index is 790. The van der Waals surface area contributed by atoms with Gasteiger partial charge in [0.1, 0.15) is 12.4 Å². The average molecular weight is 281 g/mol. The van der Waals surface area contributed by atoms with Crippen molar-refractivity contribution in [3.63, 3.8) is 0 Å². The summed E-state index contributed by atoms with van der Waals surface area (Å²) in [6, 6.07) is 14.8. The summed E-state index contributed by atoms with van der Waals surface area (Å²) < 4.78 is 7.66. The van der Waals surface area contributed by atoms with Crippen molar-refractivity contribution in [3.8, 4) is 5.75 Å². The molecule has 0 bridgehead atoms. The molecule has 0 aliphatic heterocycles. The van der Waals surface area contributed by atoms with E-state index >= 15 is 0 Å². The van der Waals surface area contributed by atoms with Crippen LogP contribution in [-0.2, 0) is 13.7 Å². The molecule has 0 amide bonds. The van der Waals surface area contributed by atoms with Gasteiger partial charge >= 0.3 is 5.97 Å². The molecule has 1 heterocycles. The Balaban J connectivity index is 2.00. The van der Waals surface area contributed by atoms with E-state index in [2.05, 4.69) is 0 Å². The van der Waals surface area contributed by atoms with Crippen LogP contribution >= 0.6 is 0 Å². The summed E-state index contributed by atoms with van der Waals surface area (Å²) in [5.74, 6) is -0.157. The Hall–Kier alpha value is -2.75. The van der Waals surface area contributed by atoms with Gasteiger partial charge in [-0.3, -0.25) is 0 Å². The van der Waals surface area contributed by atoms with Crippen molar-refractivity contribution in [1.29, 1.82) is 0 Å². The van der Waals surface area contributed by atoms with E-state index in [0.29, 0.717) is 12.2 Å². The van der Waals surface area contributed by atoms with Gasteiger partial charge in [-0.05, 0) is 24.3 Å². The van der Waals surface area contributed by atoms with Crippen LogP contribution in [0.3, 0.4) is 0 Å². The number of ether oxygens (including phenoxy) is 1. The molecule has 4 heteroatoms. The zero-order valence-electron chi connectivity index (χ0n) is 11.6. The van der Waals surface area contributed by atoms with E-state index in [1.54, 1.807) is 12.1 Å². The number of carboxylic acids is 1.